The number of rotatable bonds is 1. The highest BCUT2D eigenvalue weighted by molar-refractivity contribution is 5.63. The highest BCUT2D eigenvalue weighted by Gasteiger charge is 1.93. The van der Waals surface area contributed by atoms with E-state index in [9.17, 15) is 0 Å². The van der Waals surface area contributed by atoms with E-state index in [1.54, 1.807) is 0 Å². The maximum Gasteiger partial charge on any atom is -0.0184 e. The van der Waals surface area contributed by atoms with E-state index in [0.717, 1.165) is 5.57 Å². The lowest BCUT2D eigenvalue weighted by atomic mass is 10.0. The maximum atomic E-state index is 3.76. The highest BCUT2D eigenvalue weighted by Crippen LogP contribution is 2.18. The van der Waals surface area contributed by atoms with Gasteiger partial charge in [0.1, 0.15) is 0 Å². The van der Waals surface area contributed by atoms with Crippen LogP contribution in [-0.2, 0) is 0 Å². The third-order valence-corrected chi connectivity index (χ3v) is 3.28. The molecule has 0 saturated carbocycles. The fourth-order valence-electron chi connectivity index (χ4n) is 1.96. The van der Waals surface area contributed by atoms with Crippen molar-refractivity contribution in [2.45, 2.75) is 41.5 Å². The van der Waals surface area contributed by atoms with Crippen LogP contribution in [0.25, 0.3) is 11.1 Å². The Morgan fingerprint density at radius 3 is 1.64 bits per heavy atom. The van der Waals surface area contributed by atoms with E-state index in [0.29, 0.717) is 0 Å². The molecule has 0 bridgehead atoms. The summed E-state index contributed by atoms with van der Waals surface area (Å²) in [5, 5.41) is 0. The average Bonchev–Trinajstić information content (AvgIpc) is 2.69. The summed E-state index contributed by atoms with van der Waals surface area (Å²) in [5.41, 5.74) is 6.24. The summed E-state index contributed by atoms with van der Waals surface area (Å²) in [7, 11) is 0. The number of benzene rings is 2. The lowest BCUT2D eigenvalue weighted by Crippen LogP contribution is -1.81. The second-order valence-electron chi connectivity index (χ2n) is 5.22. The molecule has 1 aliphatic rings. The summed E-state index contributed by atoms with van der Waals surface area (Å²) >= 11 is 0. The molecule has 0 unspecified atom stereocenters. The highest BCUT2D eigenvalue weighted by atomic mass is 14.0. The molecule has 0 saturated heterocycles. The Bertz CT molecular complexity index is 637. The van der Waals surface area contributed by atoms with Crippen LogP contribution in [0.4, 0.5) is 0 Å². The van der Waals surface area contributed by atoms with Gasteiger partial charge in [-0.1, -0.05) is 94.8 Å². The summed E-state index contributed by atoms with van der Waals surface area (Å²) in [6.07, 6.45) is 8.13. The van der Waals surface area contributed by atoms with E-state index in [4.69, 9.17) is 0 Å². The third-order valence-electron chi connectivity index (χ3n) is 3.28. The topological polar surface area (TPSA) is 0 Å². The molecule has 0 nitrogen and oxygen atoms in total. The lowest BCUT2D eigenvalue weighted by Gasteiger charge is -2.10. The van der Waals surface area contributed by atoms with E-state index in [-0.39, 0.29) is 0 Å². The van der Waals surface area contributed by atoms with Gasteiger partial charge in [0, 0.05) is 0 Å². The van der Waals surface area contributed by atoms with Gasteiger partial charge in [0.15, 0.2) is 0 Å². The Morgan fingerprint density at radius 2 is 1.20 bits per heavy atom. The molecule has 0 aromatic heterocycles. The molecular formula is C25H33-. The standard InChI is InChI=1S/C13H12.C8H9.2C2H6/c1-11-7-9-13(10-8-11)12-5-3-2-4-6-12;1-7-3-5-8(2)6-4-7;2*1-2/h2-10H,1H3;3-6H,1H2,2H3;2*1-2H3/q;-1;;. The van der Waals surface area contributed by atoms with Crippen molar-refractivity contribution in [2.24, 2.45) is 0 Å². The van der Waals surface area contributed by atoms with E-state index in [1.165, 1.54) is 22.3 Å². The van der Waals surface area contributed by atoms with Gasteiger partial charge in [-0.25, -0.2) is 0 Å². The first kappa shape index (κ1) is 22.5. The Morgan fingerprint density at radius 1 is 0.680 bits per heavy atom. The molecule has 0 spiro atoms. The van der Waals surface area contributed by atoms with Crippen LogP contribution in [0.5, 0.6) is 0 Å². The number of allylic oxidation sites excluding steroid dienone is 5. The minimum Gasteiger partial charge on any atom is -0.171 e. The van der Waals surface area contributed by atoms with Crippen molar-refractivity contribution in [1.29, 1.82) is 0 Å². The molecule has 2 aromatic carbocycles. The molecular weight excluding hydrogens is 300 g/mol. The smallest absolute Gasteiger partial charge is 0.0184 e. The van der Waals surface area contributed by atoms with Crippen molar-refractivity contribution in [3.63, 3.8) is 0 Å². The molecule has 0 heterocycles. The minimum atomic E-state index is 1.08. The largest absolute Gasteiger partial charge is 0.171 e. The quantitative estimate of drug-likeness (QED) is 0.464. The minimum absolute atomic E-state index is 1.08. The van der Waals surface area contributed by atoms with E-state index in [2.05, 4.69) is 81.1 Å². The van der Waals surface area contributed by atoms with Crippen LogP contribution in [-0.4, -0.2) is 0 Å². The first-order chi connectivity index (χ1) is 12.1. The Hall–Kier alpha value is -2.47. The summed E-state index contributed by atoms with van der Waals surface area (Å²) in [6, 6.07) is 19.0. The summed E-state index contributed by atoms with van der Waals surface area (Å²) in [4.78, 5) is 0. The zero-order chi connectivity index (χ0) is 19.1. The second kappa shape index (κ2) is 13.9. The van der Waals surface area contributed by atoms with Crippen LogP contribution in [0, 0.1) is 13.3 Å². The van der Waals surface area contributed by atoms with Gasteiger partial charge in [-0.05, 0) is 18.1 Å². The molecule has 0 atom stereocenters. The molecule has 1 aliphatic carbocycles. The van der Waals surface area contributed by atoms with Gasteiger partial charge in [0.05, 0.1) is 0 Å². The van der Waals surface area contributed by atoms with Crippen LogP contribution in [0.1, 0.15) is 40.2 Å². The van der Waals surface area contributed by atoms with Gasteiger partial charge < -0.3 is 0 Å². The zero-order valence-corrected chi connectivity index (χ0v) is 16.7. The van der Waals surface area contributed by atoms with Crippen molar-refractivity contribution in [2.75, 3.05) is 0 Å². The van der Waals surface area contributed by atoms with Crippen LogP contribution < -0.4 is 0 Å². The van der Waals surface area contributed by atoms with Crippen molar-refractivity contribution in [3.8, 4) is 11.1 Å². The summed E-state index contributed by atoms with van der Waals surface area (Å²) < 4.78 is 0. The summed E-state index contributed by atoms with van der Waals surface area (Å²) in [6.45, 7) is 15.9. The monoisotopic (exact) mass is 333 g/mol. The number of hydrogen-bond acceptors (Lipinski definition) is 0. The molecule has 2 aromatic rings. The predicted octanol–water partition coefficient (Wildman–Crippen LogP) is 7.98. The van der Waals surface area contributed by atoms with Crippen LogP contribution in [0.2, 0.25) is 0 Å². The molecule has 0 radical (unpaired) electrons. The van der Waals surface area contributed by atoms with Gasteiger partial charge in [-0.3, -0.25) is 0 Å². The van der Waals surface area contributed by atoms with E-state index < -0.39 is 0 Å². The van der Waals surface area contributed by atoms with Crippen molar-refractivity contribution >= 4 is 0 Å². The van der Waals surface area contributed by atoms with E-state index in [1.807, 2.05) is 46.3 Å². The van der Waals surface area contributed by atoms with Crippen LogP contribution in [0.3, 0.4) is 0 Å². The van der Waals surface area contributed by atoms with Crippen LogP contribution >= 0.6 is 0 Å². The van der Waals surface area contributed by atoms with Crippen molar-refractivity contribution < 1.29 is 0 Å². The molecule has 0 fully saturated rings. The molecule has 25 heavy (non-hydrogen) atoms. The third kappa shape index (κ3) is 9.42. The Labute approximate surface area is 155 Å². The average molecular weight is 334 g/mol. The fraction of sp³-hybridized carbons (Fsp3) is 0.240. The molecule has 3 rings (SSSR count). The first-order valence-corrected chi connectivity index (χ1v) is 9.16. The van der Waals surface area contributed by atoms with Gasteiger partial charge in [0.2, 0.25) is 0 Å². The number of hydrogen-bond donors (Lipinski definition) is 0. The van der Waals surface area contributed by atoms with E-state index >= 15 is 0 Å². The Kier molecular flexibility index (Phi) is 12.5. The fourth-order valence-corrected chi connectivity index (χ4v) is 1.96. The van der Waals surface area contributed by atoms with Gasteiger partial charge in [0.25, 0.3) is 0 Å². The molecule has 0 N–H and O–H groups in total. The second-order valence-corrected chi connectivity index (χ2v) is 5.22. The zero-order valence-electron chi connectivity index (χ0n) is 16.7. The van der Waals surface area contributed by atoms with Gasteiger partial charge in [-0.15, -0.1) is 30.2 Å². The summed E-state index contributed by atoms with van der Waals surface area (Å²) in [5.74, 6) is 0. The van der Waals surface area contributed by atoms with Crippen LogP contribution in [0.15, 0.2) is 90.6 Å². The molecule has 0 aliphatic heterocycles. The van der Waals surface area contributed by atoms with Gasteiger partial charge >= 0.3 is 0 Å². The normalized spacial score (nSPS) is 11.3. The molecule has 0 amide bonds. The SMILES string of the molecule is C=C1C=CC(C)=C[CH-]1.CC.CC.Cc1ccc(-c2ccccc2)cc1. The van der Waals surface area contributed by atoms with Gasteiger partial charge in [-0.2, -0.15) is 12.2 Å². The predicted molar refractivity (Wildman–Crippen MR) is 116 cm³/mol. The maximum absolute atomic E-state index is 3.76. The molecule has 134 valence electrons. The molecule has 0 heteroatoms. The Balaban J connectivity index is 0.000000414. The van der Waals surface area contributed by atoms with Crippen molar-refractivity contribution in [3.05, 3.63) is 103 Å². The number of aryl methyl sites for hydroxylation is 1. The van der Waals surface area contributed by atoms with Crippen molar-refractivity contribution in [1.82, 2.24) is 0 Å². The first-order valence-electron chi connectivity index (χ1n) is 9.16. The lowest BCUT2D eigenvalue weighted by molar-refractivity contribution is 1.42.